The molecular formula is C33H46N2O6. The van der Waals surface area contributed by atoms with Crippen LogP contribution in [0.1, 0.15) is 71.4 Å². The number of unbranched alkanes of at least 4 members (excludes halogenated alkanes) is 1. The van der Waals surface area contributed by atoms with Crippen molar-refractivity contribution >= 4 is 17.8 Å². The molecule has 4 rings (SSSR count). The Kier molecular flexibility index (Phi) is 9.44. The number of carbonyl (C=O) groups excluding carboxylic acids is 3. The second-order valence-corrected chi connectivity index (χ2v) is 12.1. The number of rotatable bonds is 14. The van der Waals surface area contributed by atoms with Gasteiger partial charge in [0.2, 0.25) is 11.8 Å². The van der Waals surface area contributed by atoms with Gasteiger partial charge in [0.15, 0.2) is 0 Å². The number of nitrogens with zero attached hydrogens (tertiary/aromatic N) is 2. The van der Waals surface area contributed by atoms with Crippen LogP contribution >= 0.6 is 0 Å². The minimum Gasteiger partial charge on any atom is -0.465 e. The van der Waals surface area contributed by atoms with Gasteiger partial charge in [0, 0.05) is 12.6 Å². The van der Waals surface area contributed by atoms with Crippen molar-refractivity contribution < 1.29 is 29.0 Å². The van der Waals surface area contributed by atoms with Crippen LogP contribution in [-0.2, 0) is 23.9 Å². The molecule has 4 unspecified atom stereocenters. The Morgan fingerprint density at radius 3 is 2.59 bits per heavy atom. The predicted molar refractivity (Wildman–Crippen MR) is 157 cm³/mol. The Hall–Kier alpha value is -2.97. The Morgan fingerprint density at radius 2 is 1.98 bits per heavy atom. The van der Waals surface area contributed by atoms with Crippen molar-refractivity contribution in [2.45, 2.75) is 89.1 Å². The first-order valence-electron chi connectivity index (χ1n) is 15.0. The molecule has 0 saturated carbocycles. The summed E-state index contributed by atoms with van der Waals surface area (Å²) < 4.78 is 12.6. The molecule has 3 saturated heterocycles. The van der Waals surface area contributed by atoms with Crippen molar-refractivity contribution in [3.05, 3.63) is 61.2 Å². The second-order valence-electron chi connectivity index (χ2n) is 12.1. The summed E-state index contributed by atoms with van der Waals surface area (Å²) in [5, 5.41) is 10.7. The number of hydrogen-bond acceptors (Lipinski definition) is 6. The average molecular weight is 567 g/mol. The lowest BCUT2D eigenvalue weighted by atomic mass is 9.62. The summed E-state index contributed by atoms with van der Waals surface area (Å²) in [4.78, 5) is 46.3. The van der Waals surface area contributed by atoms with Gasteiger partial charge in [-0.3, -0.25) is 14.4 Å². The highest BCUT2D eigenvalue weighted by molar-refractivity contribution is 5.99. The van der Waals surface area contributed by atoms with Gasteiger partial charge >= 0.3 is 5.97 Å². The molecule has 1 N–H and O–H groups in total. The summed E-state index contributed by atoms with van der Waals surface area (Å²) >= 11 is 0. The third-order valence-electron chi connectivity index (χ3n) is 9.58. The maximum Gasteiger partial charge on any atom is 0.312 e. The number of aliphatic hydroxyl groups excluding tert-OH is 1. The van der Waals surface area contributed by atoms with Crippen molar-refractivity contribution in [3.63, 3.8) is 0 Å². The van der Waals surface area contributed by atoms with Crippen LogP contribution in [0.5, 0.6) is 0 Å². The number of amides is 2. The van der Waals surface area contributed by atoms with Crippen LogP contribution in [0.25, 0.3) is 0 Å². The fourth-order valence-corrected chi connectivity index (χ4v) is 7.53. The van der Waals surface area contributed by atoms with E-state index < -0.39 is 41.1 Å². The molecule has 224 valence electrons. The first-order chi connectivity index (χ1) is 19.6. The highest BCUT2D eigenvalue weighted by Crippen LogP contribution is 2.66. The highest BCUT2D eigenvalue weighted by Gasteiger charge is 2.81. The van der Waals surface area contributed by atoms with Crippen LogP contribution in [0.3, 0.4) is 0 Å². The van der Waals surface area contributed by atoms with E-state index in [4.69, 9.17) is 9.47 Å². The molecule has 0 aliphatic carbocycles. The van der Waals surface area contributed by atoms with E-state index in [2.05, 4.69) is 20.1 Å². The molecule has 1 aromatic rings. The number of fused-ring (bicyclic) bond motifs is 1. The Balaban J connectivity index is 1.84. The number of ether oxygens (including phenoxy) is 2. The normalized spacial score (nSPS) is 31.4. The number of hydrogen-bond donors (Lipinski definition) is 1. The molecule has 8 atom stereocenters. The number of likely N-dealkylation sites (tertiary alicyclic amines) is 1. The largest absolute Gasteiger partial charge is 0.465 e. The molecule has 3 aliphatic heterocycles. The van der Waals surface area contributed by atoms with Crippen LogP contribution in [-0.4, -0.2) is 75.7 Å². The number of esters is 1. The average Bonchev–Trinajstić information content (AvgIpc) is 3.47. The van der Waals surface area contributed by atoms with E-state index in [1.54, 1.807) is 17.1 Å². The zero-order valence-electron chi connectivity index (χ0n) is 25.0. The summed E-state index contributed by atoms with van der Waals surface area (Å²) in [5.74, 6) is -2.92. The van der Waals surface area contributed by atoms with Crippen LogP contribution in [0.2, 0.25) is 0 Å². The molecule has 3 fully saturated rings. The molecule has 8 nitrogen and oxygen atoms in total. The quantitative estimate of drug-likeness (QED) is 0.203. The molecule has 8 heteroatoms. The summed E-state index contributed by atoms with van der Waals surface area (Å²) in [6.45, 7) is 15.7. The van der Waals surface area contributed by atoms with E-state index in [9.17, 15) is 19.5 Å². The SMILES string of the molecule is C=CCCCOC(=O)[C@@H]1[C@H]2C(=O)N([C@H](CO)c3ccccc3)C(C(=O)N(CC=C)C(C)CCC)C23CC(C)[C@@]1(C)O3. The first-order valence-corrected chi connectivity index (χ1v) is 15.0. The first kappa shape index (κ1) is 31.0. The number of carbonyl (C=O) groups is 3. The molecule has 3 heterocycles. The molecule has 3 aliphatic rings. The minimum absolute atomic E-state index is 0.0977. The zero-order chi connectivity index (χ0) is 29.9. The van der Waals surface area contributed by atoms with Crippen LogP contribution in [0.4, 0.5) is 0 Å². The molecule has 1 spiro atoms. The molecular weight excluding hydrogens is 520 g/mol. The molecule has 2 amide bonds. The summed E-state index contributed by atoms with van der Waals surface area (Å²) in [6.07, 6.45) is 6.94. The predicted octanol–water partition coefficient (Wildman–Crippen LogP) is 4.44. The number of allylic oxidation sites excluding steroid dienone is 1. The van der Waals surface area contributed by atoms with E-state index in [0.717, 1.165) is 12.8 Å². The lowest BCUT2D eigenvalue weighted by molar-refractivity contribution is -0.164. The highest BCUT2D eigenvalue weighted by atomic mass is 16.6. The fourth-order valence-electron chi connectivity index (χ4n) is 7.53. The van der Waals surface area contributed by atoms with Gasteiger partial charge in [-0.25, -0.2) is 0 Å². The van der Waals surface area contributed by atoms with Gasteiger partial charge in [0.25, 0.3) is 0 Å². The van der Waals surface area contributed by atoms with Gasteiger partial charge in [0.05, 0.1) is 30.8 Å². The Morgan fingerprint density at radius 1 is 1.27 bits per heavy atom. The summed E-state index contributed by atoms with van der Waals surface area (Å²) in [6, 6.07) is 7.35. The molecule has 1 aromatic carbocycles. The summed E-state index contributed by atoms with van der Waals surface area (Å²) in [7, 11) is 0. The van der Waals surface area contributed by atoms with Crippen molar-refractivity contribution in [2.24, 2.45) is 17.8 Å². The maximum absolute atomic E-state index is 14.7. The van der Waals surface area contributed by atoms with Crippen LogP contribution in [0.15, 0.2) is 55.6 Å². The molecule has 0 radical (unpaired) electrons. The van der Waals surface area contributed by atoms with Gasteiger partial charge in [-0.2, -0.15) is 0 Å². The molecule has 41 heavy (non-hydrogen) atoms. The van der Waals surface area contributed by atoms with Crippen molar-refractivity contribution in [1.82, 2.24) is 9.80 Å². The Bertz CT molecular complexity index is 1140. The van der Waals surface area contributed by atoms with Gasteiger partial charge in [-0.15, -0.1) is 13.2 Å². The van der Waals surface area contributed by atoms with Crippen molar-refractivity contribution in [1.29, 1.82) is 0 Å². The van der Waals surface area contributed by atoms with Gasteiger partial charge in [-0.05, 0) is 51.0 Å². The molecule has 2 bridgehead atoms. The van der Waals surface area contributed by atoms with Crippen molar-refractivity contribution in [3.8, 4) is 0 Å². The monoisotopic (exact) mass is 566 g/mol. The van der Waals surface area contributed by atoms with Gasteiger partial charge in [0.1, 0.15) is 17.6 Å². The second kappa shape index (κ2) is 12.5. The van der Waals surface area contributed by atoms with Crippen LogP contribution in [0, 0.1) is 17.8 Å². The number of benzene rings is 1. The third kappa shape index (κ3) is 5.14. The Labute approximate surface area is 244 Å². The van der Waals surface area contributed by atoms with Gasteiger partial charge < -0.3 is 24.4 Å². The maximum atomic E-state index is 14.7. The lowest BCUT2D eigenvalue weighted by Gasteiger charge is -2.41. The smallest absolute Gasteiger partial charge is 0.312 e. The fraction of sp³-hybridized carbons (Fsp3) is 0.606. The van der Waals surface area contributed by atoms with E-state index in [-0.39, 0.29) is 37.0 Å². The third-order valence-corrected chi connectivity index (χ3v) is 9.58. The van der Waals surface area contributed by atoms with Gasteiger partial charge in [-0.1, -0.05) is 62.8 Å². The standard InChI is InChI=1S/C33H46N2O6/c1-7-10-14-19-40-31(39)27-26-29(37)35(25(21-36)24-16-12-11-13-17-24)28(33(26)20-22(4)32(27,6)41-33)30(38)34(18-9-3)23(5)15-8-2/h7,9,11-13,16-17,22-23,25-28,36H,1,3,8,10,14-15,18-21H2,2,4-6H3/t22?,23?,25-,26+,27+,28?,32-,33?/m1/s1. The topological polar surface area (TPSA) is 96.4 Å². The van der Waals surface area contributed by atoms with E-state index in [1.807, 2.05) is 51.1 Å². The van der Waals surface area contributed by atoms with Crippen LogP contribution < -0.4 is 0 Å². The molecule has 0 aromatic heterocycles. The van der Waals surface area contributed by atoms with E-state index in [1.165, 1.54) is 4.90 Å². The number of aliphatic hydroxyl groups is 1. The summed E-state index contributed by atoms with van der Waals surface area (Å²) in [5.41, 5.74) is -1.47. The van der Waals surface area contributed by atoms with Crippen molar-refractivity contribution in [2.75, 3.05) is 19.8 Å². The van der Waals surface area contributed by atoms with E-state index in [0.29, 0.717) is 31.4 Å². The van der Waals surface area contributed by atoms with E-state index >= 15 is 0 Å². The minimum atomic E-state index is -1.22. The lowest BCUT2D eigenvalue weighted by Crippen LogP contribution is -2.58. The zero-order valence-corrected chi connectivity index (χ0v) is 25.0.